The van der Waals surface area contributed by atoms with E-state index in [0.717, 1.165) is 11.1 Å². The quantitative estimate of drug-likeness (QED) is 0.210. The number of rotatable bonds is 6. The van der Waals surface area contributed by atoms with Crippen LogP contribution in [0.2, 0.25) is 0 Å². The van der Waals surface area contributed by atoms with Gasteiger partial charge in [-0.2, -0.15) is 0 Å². The number of primary amides is 1. The van der Waals surface area contributed by atoms with Gasteiger partial charge in [0.2, 0.25) is 5.78 Å². The van der Waals surface area contributed by atoms with E-state index in [9.17, 15) is 39.6 Å². The molecule has 44 heavy (non-hydrogen) atoms. The van der Waals surface area contributed by atoms with Gasteiger partial charge in [-0.05, 0) is 71.3 Å². The summed E-state index contributed by atoms with van der Waals surface area (Å²) in [5.74, 6) is -6.10. The van der Waals surface area contributed by atoms with Gasteiger partial charge in [0.25, 0.3) is 5.91 Å². The average molecular weight is 596 g/mol. The minimum absolute atomic E-state index is 0.0217. The average Bonchev–Trinajstić information content (AvgIpc) is 2.99. The Kier molecular flexibility index (Phi) is 6.89. The van der Waals surface area contributed by atoms with Gasteiger partial charge < -0.3 is 30.9 Å². The summed E-state index contributed by atoms with van der Waals surface area (Å²) in [6, 6.07) is 17.3. The summed E-state index contributed by atoms with van der Waals surface area (Å²) in [7, 11) is 1.55. The molecule has 1 saturated carbocycles. The Balaban J connectivity index is 1.34. The van der Waals surface area contributed by atoms with Crippen LogP contribution in [0, 0.1) is 11.8 Å². The highest BCUT2D eigenvalue weighted by Crippen LogP contribution is 2.53. The molecular weight excluding hydrogens is 566 g/mol. The van der Waals surface area contributed by atoms with Crippen LogP contribution in [0.15, 0.2) is 77.6 Å². The summed E-state index contributed by atoms with van der Waals surface area (Å²) >= 11 is 0. The van der Waals surface area contributed by atoms with Crippen LogP contribution in [0.5, 0.6) is 11.5 Å². The maximum atomic E-state index is 13.7. The number of ether oxygens (including phenoxy) is 1. The Morgan fingerprint density at radius 2 is 1.64 bits per heavy atom. The first-order valence-electron chi connectivity index (χ1n) is 14.0. The molecule has 3 aromatic rings. The first-order valence-corrected chi connectivity index (χ1v) is 14.0. The molecule has 0 aromatic heterocycles. The predicted molar refractivity (Wildman–Crippen MR) is 158 cm³/mol. The number of aliphatic hydroxyl groups excluding tert-OH is 2. The van der Waals surface area contributed by atoms with E-state index in [4.69, 9.17) is 10.5 Å². The number of hydrogen-bond acceptors (Lipinski definition) is 9. The number of aromatic hydroxyl groups is 1. The maximum Gasteiger partial charge on any atom is 0.255 e. The Labute approximate surface area is 251 Å². The summed E-state index contributed by atoms with van der Waals surface area (Å²) < 4.78 is 5.14. The van der Waals surface area contributed by atoms with Crippen molar-refractivity contribution in [2.24, 2.45) is 17.6 Å². The number of methoxy groups -OCH3 is 1. The number of Topliss-reactive ketones (excluding diaryl/α,β-unsaturated/α-hetero) is 3. The first-order chi connectivity index (χ1) is 20.9. The van der Waals surface area contributed by atoms with E-state index in [-0.39, 0.29) is 48.4 Å². The van der Waals surface area contributed by atoms with Crippen LogP contribution < -0.4 is 10.5 Å². The first kappa shape index (κ1) is 28.9. The van der Waals surface area contributed by atoms with Gasteiger partial charge in [-0.25, -0.2) is 0 Å². The third-order valence-corrected chi connectivity index (χ3v) is 8.99. The lowest BCUT2D eigenvalue weighted by Crippen LogP contribution is -2.58. The van der Waals surface area contributed by atoms with Crippen LogP contribution in [0.1, 0.15) is 39.9 Å². The molecule has 1 fully saturated rings. The summed E-state index contributed by atoms with van der Waals surface area (Å²) in [6.45, 7) is 0. The zero-order valence-corrected chi connectivity index (χ0v) is 23.7. The van der Waals surface area contributed by atoms with Gasteiger partial charge in [0, 0.05) is 29.9 Å². The molecule has 0 radical (unpaired) electrons. The molecule has 0 spiro atoms. The SMILES string of the molecule is COc1ccc(C(=O)Cc2ccc(-c3ccc(O)c4c3C[C@@H]3C[C@@H]5CC(=O)C(C(N)=O)=C(O)[C@]5(O)C(=O)C3=C4O)cc2)cc1. The molecule has 0 saturated heterocycles. The zero-order chi connectivity index (χ0) is 31.5. The molecule has 0 bridgehead atoms. The molecule has 3 aliphatic carbocycles. The molecule has 3 aliphatic rings. The van der Waals surface area contributed by atoms with Crippen molar-refractivity contribution in [2.75, 3.05) is 7.11 Å². The van der Waals surface area contributed by atoms with E-state index in [1.54, 1.807) is 37.4 Å². The second-order valence-electron chi connectivity index (χ2n) is 11.4. The van der Waals surface area contributed by atoms with Gasteiger partial charge in [0.15, 0.2) is 17.2 Å². The minimum atomic E-state index is -2.61. The third kappa shape index (κ3) is 4.37. The molecule has 10 heteroatoms. The van der Waals surface area contributed by atoms with Crippen molar-refractivity contribution in [3.05, 3.63) is 99.8 Å². The number of carbonyl (C=O) groups is 4. The van der Waals surface area contributed by atoms with Gasteiger partial charge in [-0.15, -0.1) is 0 Å². The van der Waals surface area contributed by atoms with Gasteiger partial charge >= 0.3 is 0 Å². The van der Waals surface area contributed by atoms with Gasteiger partial charge in [0.05, 0.1) is 12.7 Å². The summed E-state index contributed by atoms with van der Waals surface area (Å²) in [5, 5.41) is 44.3. The van der Waals surface area contributed by atoms with Crippen LogP contribution in [0.3, 0.4) is 0 Å². The second kappa shape index (κ2) is 10.5. The Morgan fingerprint density at radius 3 is 2.27 bits per heavy atom. The van der Waals surface area contributed by atoms with Crippen LogP contribution in [-0.2, 0) is 27.2 Å². The van der Waals surface area contributed by atoms with Crippen LogP contribution >= 0.6 is 0 Å². The summed E-state index contributed by atoms with van der Waals surface area (Å²) in [5.41, 5.74) is 4.98. The molecule has 1 amide bonds. The fourth-order valence-corrected chi connectivity index (χ4v) is 6.76. The van der Waals surface area contributed by atoms with Crippen molar-refractivity contribution in [1.29, 1.82) is 0 Å². The molecule has 6 rings (SSSR count). The molecule has 224 valence electrons. The number of ketones is 3. The van der Waals surface area contributed by atoms with Crippen molar-refractivity contribution in [3.8, 4) is 22.6 Å². The molecule has 0 unspecified atom stereocenters. The predicted octanol–water partition coefficient (Wildman–Crippen LogP) is 3.52. The fourth-order valence-electron chi connectivity index (χ4n) is 6.76. The Morgan fingerprint density at radius 1 is 0.955 bits per heavy atom. The third-order valence-electron chi connectivity index (χ3n) is 8.99. The van der Waals surface area contributed by atoms with E-state index in [2.05, 4.69) is 0 Å². The molecule has 10 nitrogen and oxygen atoms in total. The van der Waals surface area contributed by atoms with Crippen LogP contribution in [-0.4, -0.2) is 56.4 Å². The molecular formula is C34H29NO9. The number of phenolic OH excluding ortho intramolecular Hbond substituents is 1. The lowest BCUT2D eigenvalue weighted by Gasteiger charge is -2.46. The van der Waals surface area contributed by atoms with E-state index in [1.807, 2.05) is 24.3 Å². The van der Waals surface area contributed by atoms with E-state index in [0.29, 0.717) is 22.4 Å². The number of amides is 1. The van der Waals surface area contributed by atoms with Crippen molar-refractivity contribution in [1.82, 2.24) is 0 Å². The topological polar surface area (TPSA) is 184 Å². The highest BCUT2D eigenvalue weighted by atomic mass is 16.5. The smallest absolute Gasteiger partial charge is 0.255 e. The van der Waals surface area contributed by atoms with E-state index >= 15 is 0 Å². The van der Waals surface area contributed by atoms with Crippen molar-refractivity contribution in [3.63, 3.8) is 0 Å². The Hall–Kier alpha value is -5.22. The number of fused-ring (bicyclic) bond motifs is 3. The van der Waals surface area contributed by atoms with Crippen molar-refractivity contribution in [2.45, 2.75) is 31.3 Å². The normalized spacial score (nSPS) is 22.7. The standard InChI is InChI=1S/C34H29NO9/c1-44-21-8-6-18(7-9-21)25(37)12-16-2-4-17(5-3-16)22-10-11-24(36)28-23(22)14-19-13-20-15-26(38)29(33(35)42)32(41)34(20,43)31(40)27(19)30(28)39/h2-11,19-20,36,39,41,43H,12-15H2,1H3,(H2,35,42)/t19-,20+,34+/m0/s1. The number of carbonyl (C=O) groups excluding carboxylic acids is 4. The number of phenols is 1. The monoisotopic (exact) mass is 595 g/mol. The second-order valence-corrected chi connectivity index (χ2v) is 11.4. The molecule has 3 atom stereocenters. The van der Waals surface area contributed by atoms with Crippen molar-refractivity contribution < 1.29 is 44.3 Å². The lowest BCUT2D eigenvalue weighted by molar-refractivity contribution is -0.147. The number of benzene rings is 3. The summed E-state index contributed by atoms with van der Waals surface area (Å²) in [6.07, 6.45) is 0.0327. The molecule has 3 aromatic carbocycles. The van der Waals surface area contributed by atoms with Crippen LogP contribution in [0.4, 0.5) is 0 Å². The fraction of sp³-hybridized carbons (Fsp3) is 0.235. The number of aliphatic hydroxyl groups is 3. The molecule has 0 aliphatic heterocycles. The van der Waals surface area contributed by atoms with Gasteiger partial charge in [-0.1, -0.05) is 30.3 Å². The van der Waals surface area contributed by atoms with Gasteiger partial charge in [-0.3, -0.25) is 19.2 Å². The van der Waals surface area contributed by atoms with E-state index in [1.165, 1.54) is 6.07 Å². The van der Waals surface area contributed by atoms with Crippen LogP contribution in [0.25, 0.3) is 16.9 Å². The largest absolute Gasteiger partial charge is 0.508 e. The molecule has 6 N–H and O–H groups in total. The number of nitrogens with two attached hydrogens (primary N) is 1. The van der Waals surface area contributed by atoms with E-state index < -0.39 is 52.0 Å². The van der Waals surface area contributed by atoms with Crippen molar-refractivity contribution >= 4 is 29.0 Å². The highest BCUT2D eigenvalue weighted by molar-refractivity contribution is 6.22. The molecule has 0 heterocycles. The van der Waals surface area contributed by atoms with Gasteiger partial charge in [0.1, 0.15) is 28.6 Å². The maximum absolute atomic E-state index is 13.7. The Bertz CT molecular complexity index is 1820. The lowest BCUT2D eigenvalue weighted by atomic mass is 9.59. The summed E-state index contributed by atoms with van der Waals surface area (Å²) in [4.78, 5) is 50.9. The minimum Gasteiger partial charge on any atom is -0.508 e. The number of hydrogen-bond donors (Lipinski definition) is 5. The highest BCUT2D eigenvalue weighted by Gasteiger charge is 2.60. The zero-order valence-electron chi connectivity index (χ0n) is 23.7.